The minimum atomic E-state index is -0.0944. The van der Waals surface area contributed by atoms with Crippen molar-refractivity contribution in [3.05, 3.63) is 12.7 Å². The van der Waals surface area contributed by atoms with Gasteiger partial charge in [0, 0.05) is 7.11 Å². The van der Waals surface area contributed by atoms with E-state index in [4.69, 9.17) is 11.2 Å². The van der Waals surface area contributed by atoms with Gasteiger partial charge in [0.2, 0.25) is 0 Å². The maximum Gasteiger partial charge on any atom is 0.118 e. The molecule has 0 aromatic rings. The Kier molecular flexibility index (Phi) is 3.92. The van der Waals surface area contributed by atoms with E-state index in [9.17, 15) is 0 Å². The topological polar surface area (TPSA) is 9.23 Å². The molecular weight excluding hydrogens is 136 g/mol. The molecular formula is C10H16O. The van der Waals surface area contributed by atoms with Gasteiger partial charge >= 0.3 is 0 Å². The second kappa shape index (κ2) is 4.20. The van der Waals surface area contributed by atoms with Crippen molar-refractivity contribution in [2.24, 2.45) is 5.41 Å². The number of rotatable bonds is 4. The molecule has 0 saturated carbocycles. The predicted octanol–water partition coefficient (Wildman–Crippen LogP) is 2.24. The van der Waals surface area contributed by atoms with Gasteiger partial charge in [-0.3, -0.25) is 0 Å². The molecule has 1 atom stereocenters. The van der Waals surface area contributed by atoms with Crippen LogP contribution in [0.4, 0.5) is 0 Å². The SMILES string of the molecule is C#CC(CC(C)(C)C=C)OC. The lowest BCUT2D eigenvalue weighted by Crippen LogP contribution is -2.18. The molecule has 11 heavy (non-hydrogen) atoms. The number of hydrogen-bond donors (Lipinski definition) is 0. The van der Waals surface area contributed by atoms with E-state index in [-0.39, 0.29) is 11.5 Å². The first kappa shape index (κ1) is 10.3. The Labute approximate surface area is 69.4 Å². The van der Waals surface area contributed by atoms with Crippen molar-refractivity contribution in [2.75, 3.05) is 7.11 Å². The molecule has 0 aromatic carbocycles. The zero-order chi connectivity index (χ0) is 8.91. The Morgan fingerprint density at radius 2 is 2.27 bits per heavy atom. The van der Waals surface area contributed by atoms with Crippen LogP contribution in [-0.4, -0.2) is 13.2 Å². The maximum absolute atomic E-state index is 5.24. The highest BCUT2D eigenvalue weighted by Gasteiger charge is 2.17. The maximum atomic E-state index is 5.24. The summed E-state index contributed by atoms with van der Waals surface area (Å²) in [4.78, 5) is 0. The summed E-state index contributed by atoms with van der Waals surface area (Å²) in [6.45, 7) is 7.90. The van der Waals surface area contributed by atoms with Crippen molar-refractivity contribution in [1.29, 1.82) is 0 Å². The van der Waals surface area contributed by atoms with E-state index in [1.165, 1.54) is 0 Å². The van der Waals surface area contributed by atoms with Crippen LogP contribution in [0.5, 0.6) is 0 Å². The minimum absolute atomic E-state index is 0.0625. The van der Waals surface area contributed by atoms with Crippen LogP contribution in [-0.2, 0) is 4.74 Å². The molecule has 62 valence electrons. The van der Waals surface area contributed by atoms with Gasteiger partial charge in [-0.1, -0.05) is 25.8 Å². The Bertz CT molecular complexity index is 162. The number of methoxy groups -OCH3 is 1. The smallest absolute Gasteiger partial charge is 0.118 e. The summed E-state index contributed by atoms with van der Waals surface area (Å²) in [5.74, 6) is 2.57. The zero-order valence-corrected chi connectivity index (χ0v) is 7.55. The van der Waals surface area contributed by atoms with Crippen LogP contribution in [0.2, 0.25) is 0 Å². The average molecular weight is 152 g/mol. The molecule has 1 nitrogen and oxygen atoms in total. The van der Waals surface area contributed by atoms with E-state index in [0.717, 1.165) is 6.42 Å². The van der Waals surface area contributed by atoms with E-state index in [1.807, 2.05) is 6.08 Å². The molecule has 0 fully saturated rings. The van der Waals surface area contributed by atoms with Gasteiger partial charge in [-0.2, -0.15) is 0 Å². The summed E-state index contributed by atoms with van der Waals surface area (Å²) < 4.78 is 5.05. The number of terminal acetylenes is 1. The normalized spacial score (nSPS) is 13.6. The Morgan fingerprint density at radius 3 is 2.55 bits per heavy atom. The van der Waals surface area contributed by atoms with Gasteiger partial charge < -0.3 is 4.74 Å². The molecule has 0 bridgehead atoms. The molecule has 1 unspecified atom stereocenters. The predicted molar refractivity (Wildman–Crippen MR) is 48.2 cm³/mol. The minimum Gasteiger partial charge on any atom is -0.369 e. The fourth-order valence-corrected chi connectivity index (χ4v) is 0.771. The van der Waals surface area contributed by atoms with Gasteiger partial charge in [-0.05, 0) is 11.8 Å². The molecule has 0 aliphatic heterocycles. The van der Waals surface area contributed by atoms with Crippen molar-refractivity contribution in [3.63, 3.8) is 0 Å². The number of ether oxygens (including phenoxy) is 1. The summed E-state index contributed by atoms with van der Waals surface area (Å²) in [5, 5.41) is 0. The molecule has 0 aliphatic carbocycles. The molecule has 0 rings (SSSR count). The second-order valence-electron chi connectivity index (χ2n) is 3.29. The Morgan fingerprint density at radius 1 is 1.73 bits per heavy atom. The third-order valence-electron chi connectivity index (χ3n) is 1.73. The van der Waals surface area contributed by atoms with Crippen LogP contribution in [0.1, 0.15) is 20.3 Å². The lowest BCUT2D eigenvalue weighted by Gasteiger charge is -2.22. The van der Waals surface area contributed by atoms with Gasteiger partial charge in [0.25, 0.3) is 0 Å². The summed E-state index contributed by atoms with van der Waals surface area (Å²) in [7, 11) is 1.63. The van der Waals surface area contributed by atoms with Crippen LogP contribution in [0.25, 0.3) is 0 Å². The molecule has 0 spiro atoms. The van der Waals surface area contributed by atoms with Crippen LogP contribution < -0.4 is 0 Å². The zero-order valence-electron chi connectivity index (χ0n) is 7.55. The largest absolute Gasteiger partial charge is 0.369 e. The molecule has 0 amide bonds. The van der Waals surface area contributed by atoms with Crippen LogP contribution >= 0.6 is 0 Å². The van der Waals surface area contributed by atoms with Gasteiger partial charge in [0.05, 0.1) is 0 Å². The Hall–Kier alpha value is -0.740. The second-order valence-corrected chi connectivity index (χ2v) is 3.29. The quantitative estimate of drug-likeness (QED) is 0.443. The lowest BCUT2D eigenvalue weighted by atomic mass is 9.87. The monoisotopic (exact) mass is 152 g/mol. The third-order valence-corrected chi connectivity index (χ3v) is 1.73. The van der Waals surface area contributed by atoms with Crippen LogP contribution in [0, 0.1) is 17.8 Å². The molecule has 0 radical (unpaired) electrons. The van der Waals surface area contributed by atoms with Crippen molar-refractivity contribution in [3.8, 4) is 12.3 Å². The highest BCUT2D eigenvalue weighted by atomic mass is 16.5. The first-order valence-corrected chi connectivity index (χ1v) is 3.68. The van der Waals surface area contributed by atoms with Crippen molar-refractivity contribution >= 4 is 0 Å². The van der Waals surface area contributed by atoms with Crippen molar-refractivity contribution in [1.82, 2.24) is 0 Å². The Balaban J connectivity index is 4.02. The molecule has 0 N–H and O–H groups in total. The molecule has 1 heteroatoms. The van der Waals surface area contributed by atoms with Gasteiger partial charge in [-0.15, -0.1) is 13.0 Å². The van der Waals surface area contributed by atoms with Crippen molar-refractivity contribution in [2.45, 2.75) is 26.4 Å². The first-order chi connectivity index (χ1) is 5.05. The summed E-state index contributed by atoms with van der Waals surface area (Å²) >= 11 is 0. The lowest BCUT2D eigenvalue weighted by molar-refractivity contribution is 0.116. The van der Waals surface area contributed by atoms with E-state index in [0.29, 0.717) is 0 Å². The highest BCUT2D eigenvalue weighted by Crippen LogP contribution is 2.23. The molecule has 0 aliphatic rings. The van der Waals surface area contributed by atoms with Crippen LogP contribution in [0.15, 0.2) is 12.7 Å². The number of hydrogen-bond acceptors (Lipinski definition) is 1. The molecule has 0 heterocycles. The van der Waals surface area contributed by atoms with Crippen LogP contribution in [0.3, 0.4) is 0 Å². The molecule has 0 aromatic heterocycles. The highest BCUT2D eigenvalue weighted by molar-refractivity contribution is 5.00. The summed E-state index contributed by atoms with van der Waals surface area (Å²) in [5.41, 5.74) is 0.0625. The van der Waals surface area contributed by atoms with E-state index in [1.54, 1.807) is 7.11 Å². The third kappa shape index (κ3) is 3.85. The van der Waals surface area contributed by atoms with E-state index >= 15 is 0 Å². The van der Waals surface area contributed by atoms with E-state index in [2.05, 4.69) is 26.3 Å². The van der Waals surface area contributed by atoms with Crippen molar-refractivity contribution < 1.29 is 4.74 Å². The standard InChI is InChI=1S/C10H16O/c1-6-9(11-5)8-10(3,4)7-2/h1,7,9H,2,8H2,3-5H3. The van der Waals surface area contributed by atoms with Gasteiger partial charge in [0.1, 0.15) is 6.10 Å². The van der Waals surface area contributed by atoms with Gasteiger partial charge in [0.15, 0.2) is 0 Å². The number of allylic oxidation sites excluding steroid dienone is 1. The molecule has 0 saturated heterocycles. The first-order valence-electron chi connectivity index (χ1n) is 3.68. The van der Waals surface area contributed by atoms with Gasteiger partial charge in [-0.25, -0.2) is 0 Å². The van der Waals surface area contributed by atoms with E-state index < -0.39 is 0 Å². The summed E-state index contributed by atoms with van der Waals surface area (Å²) in [6, 6.07) is 0. The fourth-order valence-electron chi connectivity index (χ4n) is 0.771. The average Bonchev–Trinajstić information content (AvgIpc) is 2.00. The fraction of sp³-hybridized carbons (Fsp3) is 0.600. The summed E-state index contributed by atoms with van der Waals surface area (Å²) in [6.07, 6.45) is 7.86.